The number of fused-ring (bicyclic) bond motifs is 3. The van der Waals surface area contributed by atoms with Crippen LogP contribution in [0.5, 0.6) is 11.5 Å². The Morgan fingerprint density at radius 1 is 0.462 bits per heavy atom. The van der Waals surface area contributed by atoms with E-state index < -0.39 is 0 Å². The maximum absolute atomic E-state index is 7.24. The van der Waals surface area contributed by atoms with E-state index in [1.54, 1.807) is 0 Å². The van der Waals surface area contributed by atoms with Crippen molar-refractivity contribution in [2.45, 2.75) is 12.3 Å². The van der Waals surface area contributed by atoms with Crippen LogP contribution in [0.25, 0.3) is 44.2 Å². The molecule has 3 heteroatoms. The average Bonchev–Trinajstić information content (AvgIpc) is 3.39. The Bertz CT molecular complexity index is 3250. The third-order valence-corrected chi connectivity index (χ3v) is 13.4. The number of para-hydroxylation sites is 1. The Morgan fingerprint density at radius 3 is 1.77 bits per heavy atom. The molecule has 1 aliphatic heterocycles. The molecule has 0 spiro atoms. The standard InChI is InChI=1S/C62H46N2O/c1-4-15-43(16-5-1)46-29-35-50(36-30-46)63(51-37-31-47(32-38-51)44-17-6-2-7-18-44)59-28-14-25-55-54-24-13-26-56-58(41-42-60(61(54)56)65-62(55)59)64(57-27-12-22-49-21-10-11-23-53(49)57)52-39-33-48(34-40-52)45-19-8-3-9-20-45/h1-31,33-42,47,49,53H,32H2. The lowest BCUT2D eigenvalue weighted by atomic mass is 9.81. The second-order valence-corrected chi connectivity index (χ2v) is 17.2. The molecule has 0 aromatic heterocycles. The summed E-state index contributed by atoms with van der Waals surface area (Å²) in [4.78, 5) is 4.84. The number of hydrogen-bond acceptors (Lipinski definition) is 3. The number of nitrogens with zero attached hydrogens (tertiary/aromatic N) is 2. The van der Waals surface area contributed by atoms with Gasteiger partial charge in [-0.2, -0.15) is 0 Å². The van der Waals surface area contributed by atoms with Gasteiger partial charge < -0.3 is 14.5 Å². The first-order chi connectivity index (χ1) is 32.2. The highest BCUT2D eigenvalue weighted by Gasteiger charge is 2.32. The van der Waals surface area contributed by atoms with Crippen molar-refractivity contribution in [1.82, 2.24) is 0 Å². The Morgan fingerprint density at radius 2 is 1.08 bits per heavy atom. The first-order valence-corrected chi connectivity index (χ1v) is 22.7. The highest BCUT2D eigenvalue weighted by Crippen LogP contribution is 2.55. The van der Waals surface area contributed by atoms with Gasteiger partial charge in [0.2, 0.25) is 0 Å². The Hall–Kier alpha value is -8.14. The lowest BCUT2D eigenvalue weighted by molar-refractivity contribution is 0.488. The lowest BCUT2D eigenvalue weighted by Gasteiger charge is -2.37. The van der Waals surface area contributed by atoms with Crippen molar-refractivity contribution in [3.63, 3.8) is 0 Å². The molecule has 310 valence electrons. The Balaban J connectivity index is 0.979. The third kappa shape index (κ3) is 7.03. The summed E-state index contributed by atoms with van der Waals surface area (Å²) >= 11 is 0. The van der Waals surface area contributed by atoms with Crippen molar-refractivity contribution < 1.29 is 4.74 Å². The van der Waals surface area contributed by atoms with Gasteiger partial charge in [0.25, 0.3) is 0 Å². The molecule has 0 saturated carbocycles. The summed E-state index contributed by atoms with van der Waals surface area (Å²) in [7, 11) is 0. The van der Waals surface area contributed by atoms with Gasteiger partial charge in [0.15, 0.2) is 5.75 Å². The molecular formula is C62H46N2O. The van der Waals surface area contributed by atoms with E-state index in [9.17, 15) is 0 Å². The third-order valence-electron chi connectivity index (χ3n) is 13.4. The van der Waals surface area contributed by atoms with Gasteiger partial charge in [-0.3, -0.25) is 0 Å². The van der Waals surface area contributed by atoms with Crippen molar-refractivity contribution in [2.24, 2.45) is 11.8 Å². The largest absolute Gasteiger partial charge is 0.454 e. The molecule has 65 heavy (non-hydrogen) atoms. The summed E-state index contributed by atoms with van der Waals surface area (Å²) in [6, 6.07) is 67.7. The van der Waals surface area contributed by atoms with Crippen molar-refractivity contribution in [3.05, 3.63) is 266 Å². The van der Waals surface area contributed by atoms with Crippen molar-refractivity contribution in [1.29, 1.82) is 0 Å². The van der Waals surface area contributed by atoms with Crippen LogP contribution in [-0.2, 0) is 0 Å². The molecule has 0 bridgehead atoms. The SMILES string of the molecule is C1=CC2C=CC=C(N(c3ccc(-c4ccccc4)cc3)c3ccc4c5c(cccc35)-c3cccc(N(C5=CCC(c6ccccc6)C=C5)c5ccc(-c6ccccc6)cc5)c3O4)C2C=C1. The van der Waals surface area contributed by atoms with E-state index in [-0.39, 0.29) is 11.8 Å². The molecule has 3 aliphatic carbocycles. The number of benzene rings is 8. The van der Waals surface area contributed by atoms with E-state index in [1.165, 1.54) is 33.5 Å². The fraction of sp³-hybridized carbons (Fsp3) is 0.0645. The molecule has 0 amide bonds. The summed E-state index contributed by atoms with van der Waals surface area (Å²) < 4.78 is 7.24. The van der Waals surface area contributed by atoms with Crippen LogP contribution in [0.1, 0.15) is 17.9 Å². The van der Waals surface area contributed by atoms with Crippen LogP contribution < -0.4 is 14.5 Å². The molecule has 3 atom stereocenters. The first kappa shape index (κ1) is 38.5. The summed E-state index contributed by atoms with van der Waals surface area (Å²) in [6.45, 7) is 0. The Labute approximate surface area is 381 Å². The highest BCUT2D eigenvalue weighted by atomic mass is 16.5. The predicted molar refractivity (Wildman–Crippen MR) is 271 cm³/mol. The first-order valence-electron chi connectivity index (χ1n) is 22.7. The van der Waals surface area contributed by atoms with Gasteiger partial charge in [-0.1, -0.05) is 194 Å². The van der Waals surface area contributed by atoms with Gasteiger partial charge in [-0.05, 0) is 94.4 Å². The minimum Gasteiger partial charge on any atom is -0.454 e. The van der Waals surface area contributed by atoms with Gasteiger partial charge in [-0.15, -0.1) is 0 Å². The van der Waals surface area contributed by atoms with E-state index in [4.69, 9.17) is 4.74 Å². The minimum absolute atomic E-state index is 0.197. The lowest BCUT2D eigenvalue weighted by Crippen LogP contribution is -2.28. The van der Waals surface area contributed by atoms with E-state index in [2.05, 4.69) is 259 Å². The maximum atomic E-state index is 7.24. The van der Waals surface area contributed by atoms with Crippen LogP contribution in [0, 0.1) is 11.8 Å². The summed E-state index contributed by atoms with van der Waals surface area (Å²) in [6.07, 6.45) is 23.8. The smallest absolute Gasteiger partial charge is 0.159 e. The highest BCUT2D eigenvalue weighted by molar-refractivity contribution is 6.11. The number of hydrogen-bond donors (Lipinski definition) is 0. The van der Waals surface area contributed by atoms with Crippen molar-refractivity contribution in [3.8, 4) is 44.9 Å². The second-order valence-electron chi connectivity index (χ2n) is 17.2. The van der Waals surface area contributed by atoms with Crippen molar-refractivity contribution >= 4 is 33.5 Å². The molecule has 1 heterocycles. The zero-order valence-electron chi connectivity index (χ0n) is 35.9. The van der Waals surface area contributed by atoms with Crippen LogP contribution >= 0.6 is 0 Å². The molecule has 4 aliphatic rings. The summed E-state index contributed by atoms with van der Waals surface area (Å²) in [5, 5.41) is 2.26. The zero-order chi connectivity index (χ0) is 43.1. The van der Waals surface area contributed by atoms with Gasteiger partial charge in [0, 0.05) is 56.9 Å². The molecule has 8 aromatic carbocycles. The molecule has 12 rings (SSSR count). The van der Waals surface area contributed by atoms with E-state index in [0.717, 1.165) is 68.3 Å². The van der Waals surface area contributed by atoms with E-state index >= 15 is 0 Å². The predicted octanol–water partition coefficient (Wildman–Crippen LogP) is 16.7. The monoisotopic (exact) mass is 834 g/mol. The average molecular weight is 835 g/mol. The van der Waals surface area contributed by atoms with E-state index in [0.29, 0.717) is 5.92 Å². The topological polar surface area (TPSA) is 15.7 Å². The normalized spacial score (nSPS) is 17.7. The number of anilines is 4. The quantitative estimate of drug-likeness (QED) is 0.144. The molecule has 3 unspecified atom stereocenters. The van der Waals surface area contributed by atoms with Crippen LogP contribution in [0.15, 0.2) is 260 Å². The Kier molecular flexibility index (Phi) is 9.80. The molecule has 0 saturated heterocycles. The molecular weight excluding hydrogens is 789 g/mol. The summed E-state index contributed by atoms with van der Waals surface area (Å²) in [5.74, 6) is 2.51. The van der Waals surface area contributed by atoms with Gasteiger partial charge >= 0.3 is 0 Å². The molecule has 0 N–H and O–H groups in total. The van der Waals surface area contributed by atoms with Crippen LogP contribution in [0.3, 0.4) is 0 Å². The fourth-order valence-electron chi connectivity index (χ4n) is 10.2. The van der Waals surface area contributed by atoms with Gasteiger partial charge in [-0.25, -0.2) is 0 Å². The van der Waals surface area contributed by atoms with Gasteiger partial charge in [0.1, 0.15) is 5.75 Å². The number of ether oxygens (including phenoxy) is 1. The molecule has 8 aromatic rings. The van der Waals surface area contributed by atoms with Crippen LogP contribution in [-0.4, -0.2) is 0 Å². The van der Waals surface area contributed by atoms with Crippen LogP contribution in [0.4, 0.5) is 22.7 Å². The second kappa shape index (κ2) is 16.5. The maximum Gasteiger partial charge on any atom is 0.159 e. The van der Waals surface area contributed by atoms with Gasteiger partial charge in [0.05, 0.1) is 11.4 Å². The number of allylic oxidation sites excluding steroid dienone is 10. The molecule has 0 radical (unpaired) electrons. The fourth-order valence-corrected chi connectivity index (χ4v) is 10.2. The number of rotatable bonds is 9. The summed E-state index contributed by atoms with van der Waals surface area (Å²) in [5.41, 5.74) is 15.0. The van der Waals surface area contributed by atoms with Crippen LogP contribution in [0.2, 0.25) is 0 Å². The molecule has 0 fully saturated rings. The zero-order valence-corrected chi connectivity index (χ0v) is 35.9. The van der Waals surface area contributed by atoms with E-state index in [1.807, 2.05) is 0 Å². The van der Waals surface area contributed by atoms with Crippen molar-refractivity contribution in [2.75, 3.05) is 9.80 Å². The minimum atomic E-state index is 0.197. The molecule has 3 nitrogen and oxygen atoms in total.